The molecule has 6 heteroatoms. The van der Waals surface area contributed by atoms with Crippen molar-refractivity contribution in [3.8, 4) is 5.75 Å². The highest BCUT2D eigenvalue weighted by Gasteiger charge is 2.30. The number of carbonyl (C=O) groups excluding carboxylic acids is 1. The summed E-state index contributed by atoms with van der Waals surface area (Å²) in [6.07, 6.45) is 2.07. The molecule has 1 aliphatic rings. The van der Waals surface area contributed by atoms with Gasteiger partial charge < -0.3 is 19.3 Å². The van der Waals surface area contributed by atoms with E-state index >= 15 is 0 Å². The topological polar surface area (TPSA) is 65.0 Å². The number of hydrogen-bond acceptors (Lipinski definition) is 5. The Hall–Kier alpha value is -1.66. The lowest BCUT2D eigenvalue weighted by molar-refractivity contribution is -0.150. The Bertz CT molecular complexity index is 540. The molecule has 0 aliphatic heterocycles. The number of benzene rings is 1. The van der Waals surface area contributed by atoms with Gasteiger partial charge in [0.15, 0.2) is 0 Å². The molecule has 0 amide bonds. The molecule has 1 atom stereocenters. The lowest BCUT2D eigenvalue weighted by Gasteiger charge is -2.30. The van der Waals surface area contributed by atoms with E-state index in [0.29, 0.717) is 43.6 Å². The van der Waals surface area contributed by atoms with Crippen LogP contribution in [0.25, 0.3) is 0 Å². The van der Waals surface area contributed by atoms with Gasteiger partial charge in [0.2, 0.25) is 0 Å². The predicted molar refractivity (Wildman–Crippen MR) is 86.2 cm³/mol. The van der Waals surface area contributed by atoms with Crippen LogP contribution in [0.15, 0.2) is 18.2 Å². The number of halogens is 1. The summed E-state index contributed by atoms with van der Waals surface area (Å²) in [6, 6.07) is 4.15. The molecule has 5 nitrogen and oxygen atoms in total. The third kappa shape index (κ3) is 4.68. The van der Waals surface area contributed by atoms with E-state index in [9.17, 15) is 14.3 Å². The molecule has 134 valence electrons. The number of hydrogen-bond donors (Lipinski definition) is 1. The quantitative estimate of drug-likeness (QED) is 0.773. The minimum absolute atomic E-state index is 0.0823. The maximum atomic E-state index is 13.5. The van der Waals surface area contributed by atoms with E-state index in [4.69, 9.17) is 14.2 Å². The van der Waals surface area contributed by atoms with Gasteiger partial charge in [-0.1, -0.05) is 0 Å². The number of methoxy groups -OCH3 is 1. The first-order valence-corrected chi connectivity index (χ1v) is 8.35. The smallest absolute Gasteiger partial charge is 0.308 e. The second-order valence-corrected chi connectivity index (χ2v) is 5.92. The molecule has 1 saturated carbocycles. The SMILES string of the molecule is CCOC(=O)[C@H]1CC[C@H](O[C@@H](CO)c2cc(F)ccc2OC)CC1. The van der Waals surface area contributed by atoms with Gasteiger partial charge in [-0.3, -0.25) is 4.79 Å². The van der Waals surface area contributed by atoms with Crippen molar-refractivity contribution in [2.75, 3.05) is 20.3 Å². The maximum absolute atomic E-state index is 13.5. The van der Waals surface area contributed by atoms with Crippen LogP contribution in [0.5, 0.6) is 5.75 Å². The van der Waals surface area contributed by atoms with Crippen LogP contribution >= 0.6 is 0 Å². The summed E-state index contributed by atoms with van der Waals surface area (Å²) in [5.41, 5.74) is 0.493. The van der Waals surface area contributed by atoms with Crippen molar-refractivity contribution >= 4 is 5.97 Å². The van der Waals surface area contributed by atoms with E-state index in [1.54, 1.807) is 6.92 Å². The highest BCUT2D eigenvalue weighted by Crippen LogP contribution is 2.34. The first-order chi connectivity index (χ1) is 11.6. The van der Waals surface area contributed by atoms with Crippen LogP contribution in [0.3, 0.4) is 0 Å². The maximum Gasteiger partial charge on any atom is 0.308 e. The molecular weight excluding hydrogens is 315 g/mol. The van der Waals surface area contributed by atoms with E-state index in [1.165, 1.54) is 25.3 Å². The number of ether oxygens (including phenoxy) is 3. The van der Waals surface area contributed by atoms with Gasteiger partial charge >= 0.3 is 5.97 Å². The Morgan fingerprint density at radius 3 is 2.62 bits per heavy atom. The lowest BCUT2D eigenvalue weighted by Crippen LogP contribution is -2.29. The van der Waals surface area contributed by atoms with Crippen molar-refractivity contribution in [1.82, 2.24) is 0 Å². The van der Waals surface area contributed by atoms with Gasteiger partial charge in [0, 0.05) is 5.56 Å². The summed E-state index contributed by atoms with van der Waals surface area (Å²) in [4.78, 5) is 11.8. The van der Waals surface area contributed by atoms with Gasteiger partial charge in [0.25, 0.3) is 0 Å². The fourth-order valence-corrected chi connectivity index (χ4v) is 3.10. The van der Waals surface area contributed by atoms with Crippen molar-refractivity contribution in [3.05, 3.63) is 29.6 Å². The van der Waals surface area contributed by atoms with E-state index in [2.05, 4.69) is 0 Å². The molecule has 0 saturated heterocycles. The zero-order valence-corrected chi connectivity index (χ0v) is 14.2. The molecule has 2 rings (SSSR count). The van der Waals surface area contributed by atoms with Crippen molar-refractivity contribution in [2.24, 2.45) is 5.92 Å². The molecule has 1 N–H and O–H groups in total. The zero-order chi connectivity index (χ0) is 17.5. The van der Waals surface area contributed by atoms with Crippen molar-refractivity contribution in [2.45, 2.75) is 44.8 Å². The fourth-order valence-electron chi connectivity index (χ4n) is 3.10. The van der Waals surface area contributed by atoms with Gasteiger partial charge in [0.05, 0.1) is 32.3 Å². The number of aliphatic hydroxyl groups excluding tert-OH is 1. The van der Waals surface area contributed by atoms with Crippen LogP contribution in [0.2, 0.25) is 0 Å². The first kappa shape index (κ1) is 18.7. The van der Waals surface area contributed by atoms with Gasteiger partial charge in [-0.05, 0) is 50.8 Å². The molecule has 1 aromatic carbocycles. The van der Waals surface area contributed by atoms with Crippen molar-refractivity contribution < 1.29 is 28.5 Å². The Kier molecular flexibility index (Phi) is 6.99. The molecule has 1 aromatic rings. The summed E-state index contributed by atoms with van der Waals surface area (Å²) in [5, 5.41) is 9.65. The van der Waals surface area contributed by atoms with Crippen LogP contribution in [0.4, 0.5) is 4.39 Å². The van der Waals surface area contributed by atoms with Crippen LogP contribution in [0, 0.1) is 11.7 Å². The second-order valence-electron chi connectivity index (χ2n) is 5.92. The van der Waals surface area contributed by atoms with E-state index < -0.39 is 11.9 Å². The summed E-state index contributed by atoms with van der Waals surface area (Å²) < 4.78 is 29.8. The predicted octanol–water partition coefficient (Wildman–Crippen LogP) is 3.01. The van der Waals surface area contributed by atoms with E-state index in [1.807, 2.05) is 0 Å². The van der Waals surface area contributed by atoms with Crippen LogP contribution in [0.1, 0.15) is 44.3 Å². The van der Waals surface area contributed by atoms with E-state index in [-0.39, 0.29) is 24.6 Å². The summed E-state index contributed by atoms with van der Waals surface area (Å²) in [7, 11) is 1.50. The van der Waals surface area contributed by atoms with Gasteiger partial charge in [-0.2, -0.15) is 0 Å². The highest BCUT2D eigenvalue weighted by molar-refractivity contribution is 5.72. The third-order valence-electron chi connectivity index (χ3n) is 4.36. The standard InChI is InChI=1S/C18H25FO5/c1-3-23-18(21)12-4-7-14(8-5-12)24-17(11-20)15-10-13(19)6-9-16(15)22-2/h6,9-10,12,14,17,20H,3-5,7-8,11H2,1-2H3/t12-,14-,17-/m0/s1. The summed E-state index contributed by atoms with van der Waals surface area (Å²) in [5.74, 6) is -0.155. The molecule has 0 heterocycles. The summed E-state index contributed by atoms with van der Waals surface area (Å²) in [6.45, 7) is 1.92. The average molecular weight is 340 g/mol. The molecule has 0 radical (unpaired) electrons. The Labute approximate surface area is 141 Å². The van der Waals surface area contributed by atoms with Crippen LogP contribution < -0.4 is 4.74 Å². The first-order valence-electron chi connectivity index (χ1n) is 8.35. The monoisotopic (exact) mass is 340 g/mol. The molecule has 0 spiro atoms. The third-order valence-corrected chi connectivity index (χ3v) is 4.36. The Balaban J connectivity index is 1.97. The van der Waals surface area contributed by atoms with Crippen LogP contribution in [-0.2, 0) is 14.3 Å². The minimum atomic E-state index is -0.653. The molecule has 24 heavy (non-hydrogen) atoms. The zero-order valence-electron chi connectivity index (χ0n) is 14.2. The number of rotatable bonds is 7. The highest BCUT2D eigenvalue weighted by atomic mass is 19.1. The fraction of sp³-hybridized carbons (Fsp3) is 0.611. The molecule has 0 aromatic heterocycles. The average Bonchev–Trinajstić information content (AvgIpc) is 2.60. The van der Waals surface area contributed by atoms with Gasteiger partial charge in [-0.15, -0.1) is 0 Å². The molecular formula is C18H25FO5. The number of aliphatic hydroxyl groups is 1. The Morgan fingerprint density at radius 1 is 1.33 bits per heavy atom. The normalized spacial score (nSPS) is 22.0. The minimum Gasteiger partial charge on any atom is -0.496 e. The summed E-state index contributed by atoms with van der Waals surface area (Å²) >= 11 is 0. The number of esters is 1. The van der Waals surface area contributed by atoms with E-state index in [0.717, 1.165) is 0 Å². The molecule has 1 aliphatic carbocycles. The molecule has 0 bridgehead atoms. The second kappa shape index (κ2) is 8.99. The van der Waals surface area contributed by atoms with Crippen molar-refractivity contribution in [1.29, 1.82) is 0 Å². The van der Waals surface area contributed by atoms with Gasteiger partial charge in [-0.25, -0.2) is 4.39 Å². The van der Waals surface area contributed by atoms with Crippen LogP contribution in [-0.4, -0.2) is 37.5 Å². The van der Waals surface area contributed by atoms with Crippen molar-refractivity contribution in [3.63, 3.8) is 0 Å². The lowest BCUT2D eigenvalue weighted by atomic mass is 9.87. The molecule has 0 unspecified atom stereocenters. The Morgan fingerprint density at radius 2 is 2.04 bits per heavy atom. The number of carbonyl (C=O) groups is 1. The largest absolute Gasteiger partial charge is 0.496 e. The van der Waals surface area contributed by atoms with Gasteiger partial charge in [0.1, 0.15) is 17.7 Å². The molecule has 1 fully saturated rings.